The molecule has 0 bridgehead atoms. The first-order valence-electron chi connectivity index (χ1n) is 6.97. The number of carbonyl (C=O) groups is 1. The van der Waals surface area contributed by atoms with E-state index in [2.05, 4.69) is 5.32 Å². The van der Waals surface area contributed by atoms with Crippen molar-refractivity contribution in [2.45, 2.75) is 7.43 Å². The number of carbonyl (C=O) groups excluding carboxylic acids is 1. The molecule has 0 aliphatic heterocycles. The summed E-state index contributed by atoms with van der Waals surface area (Å²) in [6.45, 7) is 0.227. The molecule has 1 amide bonds. The normalized spacial score (nSPS) is 9.73. The molecule has 0 aliphatic rings. The predicted octanol–water partition coefficient (Wildman–Crippen LogP) is 3.60. The van der Waals surface area contributed by atoms with Gasteiger partial charge in [-0.05, 0) is 18.2 Å². The minimum absolute atomic E-state index is 0. The molecule has 0 aromatic heterocycles. The molecule has 0 atom stereocenters. The van der Waals surface area contributed by atoms with Crippen LogP contribution in [0.15, 0.2) is 42.5 Å². The molecule has 26 heavy (non-hydrogen) atoms. The molecule has 138 valence electrons. The van der Waals surface area contributed by atoms with Gasteiger partial charge in [0, 0.05) is 17.2 Å². The van der Waals surface area contributed by atoms with Crippen LogP contribution in [0.2, 0.25) is 5.02 Å². The first-order chi connectivity index (χ1) is 11.9. The van der Waals surface area contributed by atoms with Crippen molar-refractivity contribution in [2.24, 2.45) is 0 Å². The van der Waals surface area contributed by atoms with E-state index in [1.165, 1.54) is 0 Å². The lowest BCUT2D eigenvalue weighted by molar-refractivity contribution is -0.394. The molecule has 1 N–H and O–H groups in total. The Balaban J connectivity index is 0.00000338. The summed E-state index contributed by atoms with van der Waals surface area (Å²) in [6.07, 6.45) is 0. The fraction of sp³-hybridized carbons (Fsp3) is 0.188. The Morgan fingerprint density at radius 1 is 1.08 bits per heavy atom. The van der Waals surface area contributed by atoms with Crippen LogP contribution in [-0.2, 0) is 0 Å². The summed E-state index contributed by atoms with van der Waals surface area (Å²) in [5, 5.41) is 24.6. The van der Waals surface area contributed by atoms with Gasteiger partial charge in [0.1, 0.15) is 12.4 Å². The maximum absolute atomic E-state index is 12.0. The number of ether oxygens (including phenoxy) is 1. The topological polar surface area (TPSA) is 125 Å². The van der Waals surface area contributed by atoms with E-state index in [1.807, 2.05) is 0 Å². The van der Waals surface area contributed by atoms with E-state index in [9.17, 15) is 25.0 Å². The largest absolute Gasteiger partial charge is 0.492 e. The summed E-state index contributed by atoms with van der Waals surface area (Å²) in [6, 6.07) is 9.42. The second-order valence-corrected chi connectivity index (χ2v) is 5.25. The van der Waals surface area contributed by atoms with E-state index in [0.29, 0.717) is 10.8 Å². The number of nitro benzene ring substituents is 2. The average molecular weight is 382 g/mol. The van der Waals surface area contributed by atoms with Crippen molar-refractivity contribution in [3.05, 3.63) is 73.3 Å². The molecule has 0 unspecified atom stereocenters. The number of non-ortho nitro benzene ring substituents is 2. The molecule has 2 aromatic rings. The fourth-order valence-corrected chi connectivity index (χ4v) is 2.11. The summed E-state index contributed by atoms with van der Waals surface area (Å²) in [7, 11) is 0. The number of hydrogen-bond donors (Lipinski definition) is 1. The maximum Gasteiger partial charge on any atom is 0.277 e. The summed E-state index contributed by atoms with van der Waals surface area (Å²) in [5.74, 6) is -0.158. The van der Waals surface area contributed by atoms with Gasteiger partial charge in [0.2, 0.25) is 0 Å². The summed E-state index contributed by atoms with van der Waals surface area (Å²) < 4.78 is 5.38. The molecule has 0 fully saturated rings. The van der Waals surface area contributed by atoms with Crippen molar-refractivity contribution in [2.75, 3.05) is 13.2 Å². The molecule has 0 radical (unpaired) electrons. The molecule has 0 heterocycles. The quantitative estimate of drug-likeness (QED) is 0.443. The highest BCUT2D eigenvalue weighted by Crippen LogP contribution is 2.22. The maximum atomic E-state index is 12.0. The molecule has 9 nitrogen and oxygen atoms in total. The van der Waals surface area contributed by atoms with E-state index in [1.54, 1.807) is 24.3 Å². The smallest absolute Gasteiger partial charge is 0.277 e. The summed E-state index contributed by atoms with van der Waals surface area (Å²) in [5.41, 5.74) is -1.24. The van der Waals surface area contributed by atoms with Crippen LogP contribution >= 0.6 is 11.6 Å². The summed E-state index contributed by atoms with van der Waals surface area (Å²) >= 11 is 5.81. The van der Waals surface area contributed by atoms with Crippen molar-refractivity contribution < 1.29 is 19.4 Å². The van der Waals surface area contributed by atoms with Gasteiger partial charge < -0.3 is 10.1 Å². The first kappa shape index (κ1) is 20.8. The first-order valence-corrected chi connectivity index (χ1v) is 7.35. The monoisotopic (exact) mass is 381 g/mol. The Morgan fingerprint density at radius 2 is 1.69 bits per heavy atom. The molecule has 10 heteroatoms. The van der Waals surface area contributed by atoms with Crippen molar-refractivity contribution in [1.29, 1.82) is 0 Å². The Labute approximate surface area is 153 Å². The van der Waals surface area contributed by atoms with Gasteiger partial charge in [-0.2, -0.15) is 0 Å². The lowest BCUT2D eigenvalue weighted by atomic mass is 10.1. The molecule has 0 aliphatic carbocycles. The molecule has 2 rings (SSSR count). The Hall–Kier alpha value is -3.20. The fourth-order valence-electron chi connectivity index (χ4n) is 1.93. The highest BCUT2D eigenvalue weighted by molar-refractivity contribution is 6.30. The molecule has 0 saturated carbocycles. The average Bonchev–Trinajstić information content (AvgIpc) is 2.58. The van der Waals surface area contributed by atoms with Crippen molar-refractivity contribution in [3.63, 3.8) is 0 Å². The van der Waals surface area contributed by atoms with Crippen LogP contribution in [0.4, 0.5) is 11.4 Å². The highest BCUT2D eigenvalue weighted by atomic mass is 35.5. The van der Waals surface area contributed by atoms with Crippen LogP contribution < -0.4 is 10.1 Å². The number of amides is 1. The van der Waals surface area contributed by atoms with Gasteiger partial charge in [-0.3, -0.25) is 25.0 Å². The zero-order valence-corrected chi connectivity index (χ0v) is 13.4. The van der Waals surface area contributed by atoms with Crippen molar-refractivity contribution >= 4 is 28.9 Å². The van der Waals surface area contributed by atoms with Gasteiger partial charge in [-0.25, -0.2) is 0 Å². The van der Waals surface area contributed by atoms with E-state index in [0.717, 1.165) is 18.2 Å². The summed E-state index contributed by atoms with van der Waals surface area (Å²) in [4.78, 5) is 32.1. The molecular formula is C16H16ClN3O6. The van der Waals surface area contributed by atoms with Gasteiger partial charge in [0.15, 0.2) is 0 Å². The Morgan fingerprint density at radius 3 is 2.23 bits per heavy atom. The number of rotatable bonds is 7. The third kappa shape index (κ3) is 5.71. The predicted molar refractivity (Wildman–Crippen MR) is 95.8 cm³/mol. The van der Waals surface area contributed by atoms with Crippen LogP contribution in [0.5, 0.6) is 5.75 Å². The van der Waals surface area contributed by atoms with Gasteiger partial charge in [0.05, 0.1) is 28.0 Å². The Kier molecular flexibility index (Phi) is 7.48. The van der Waals surface area contributed by atoms with Crippen LogP contribution in [0.3, 0.4) is 0 Å². The standard InChI is InChI=1S/C15H12ClN3O6.CH4/c16-11-2-1-3-14(8-11)25-5-4-17-15(20)10-6-12(18(21)22)9-13(7-10)19(23)24;/h1-3,6-9H,4-5H2,(H,17,20);1H4. The zero-order chi connectivity index (χ0) is 18.4. The second kappa shape index (κ2) is 9.33. The molecule has 0 saturated heterocycles. The van der Waals surface area contributed by atoms with Crippen molar-refractivity contribution in [1.82, 2.24) is 5.32 Å². The van der Waals surface area contributed by atoms with Gasteiger partial charge in [-0.15, -0.1) is 0 Å². The zero-order valence-electron chi connectivity index (χ0n) is 12.7. The van der Waals surface area contributed by atoms with Crippen LogP contribution in [-0.4, -0.2) is 28.9 Å². The van der Waals surface area contributed by atoms with Crippen LogP contribution in [0.25, 0.3) is 0 Å². The minimum Gasteiger partial charge on any atom is -0.492 e. The number of hydrogen-bond acceptors (Lipinski definition) is 6. The van der Waals surface area contributed by atoms with Gasteiger partial charge >= 0.3 is 0 Å². The second-order valence-electron chi connectivity index (χ2n) is 4.81. The minimum atomic E-state index is -0.800. The SMILES string of the molecule is C.O=C(NCCOc1cccc(Cl)c1)c1cc([N+](=O)[O-])cc([N+](=O)[O-])c1. The third-order valence-electron chi connectivity index (χ3n) is 3.04. The number of nitro groups is 2. The lowest BCUT2D eigenvalue weighted by Gasteiger charge is -2.08. The van der Waals surface area contributed by atoms with E-state index in [4.69, 9.17) is 16.3 Å². The van der Waals surface area contributed by atoms with Gasteiger partial charge in [0.25, 0.3) is 17.3 Å². The number of halogens is 1. The number of nitrogens with zero attached hydrogens (tertiary/aromatic N) is 2. The van der Waals surface area contributed by atoms with E-state index < -0.39 is 27.1 Å². The van der Waals surface area contributed by atoms with E-state index in [-0.39, 0.29) is 26.1 Å². The van der Waals surface area contributed by atoms with Crippen LogP contribution in [0.1, 0.15) is 17.8 Å². The third-order valence-corrected chi connectivity index (χ3v) is 3.27. The van der Waals surface area contributed by atoms with Crippen molar-refractivity contribution in [3.8, 4) is 5.75 Å². The highest BCUT2D eigenvalue weighted by Gasteiger charge is 2.19. The van der Waals surface area contributed by atoms with Gasteiger partial charge in [-0.1, -0.05) is 25.1 Å². The molecule has 0 spiro atoms. The van der Waals surface area contributed by atoms with Crippen LogP contribution in [0, 0.1) is 20.2 Å². The number of nitrogens with one attached hydrogen (secondary N) is 1. The number of benzene rings is 2. The van der Waals surface area contributed by atoms with E-state index >= 15 is 0 Å². The lowest BCUT2D eigenvalue weighted by Crippen LogP contribution is -2.28. The molecule has 2 aromatic carbocycles. The Bertz CT molecular complexity index is 795. The molecular weight excluding hydrogens is 366 g/mol.